The monoisotopic (exact) mass is 492 g/mol. The molecule has 0 spiro atoms. The molecule has 0 bridgehead atoms. The van der Waals surface area contributed by atoms with Gasteiger partial charge in [0.1, 0.15) is 17.1 Å². The molecule has 0 amide bonds. The summed E-state index contributed by atoms with van der Waals surface area (Å²) in [7, 11) is -0.225. The fraction of sp³-hybridized carbons (Fsp3) is 0.286. The van der Waals surface area contributed by atoms with Crippen LogP contribution in [-0.4, -0.2) is 40.7 Å². The van der Waals surface area contributed by atoms with Gasteiger partial charge in [0, 0.05) is 5.92 Å². The molecule has 1 unspecified atom stereocenters. The molecule has 0 aliphatic carbocycles. The van der Waals surface area contributed by atoms with Crippen molar-refractivity contribution in [3.63, 3.8) is 0 Å². The standard InChI is InChI=1S/C28H30NO5S/c1-22(21-29)17-19-35(30,31)20-18-34-28(23-7-5-4-6-8-23,24-9-13-26(32-2)14-10-24)25-11-15-27(33-3)16-12-25/h4-16,22H,1,17-20H2,2-3H3. The molecule has 0 saturated carbocycles. The number of benzene rings is 3. The fourth-order valence-electron chi connectivity index (χ4n) is 3.88. The second-order valence-corrected chi connectivity index (χ2v) is 10.4. The molecule has 3 rings (SSSR count). The van der Waals surface area contributed by atoms with E-state index in [1.54, 1.807) is 14.2 Å². The first kappa shape index (κ1) is 26.3. The molecule has 0 saturated heterocycles. The Morgan fingerprint density at radius 3 is 1.77 bits per heavy atom. The summed E-state index contributed by atoms with van der Waals surface area (Å²) in [6.45, 7) is 3.61. The topological polar surface area (TPSA) is 85.6 Å². The van der Waals surface area contributed by atoms with Gasteiger partial charge in [-0.05, 0) is 54.3 Å². The zero-order chi connectivity index (χ0) is 25.3. The van der Waals surface area contributed by atoms with Gasteiger partial charge in [-0.25, -0.2) is 8.42 Å². The molecule has 0 aliphatic heterocycles. The van der Waals surface area contributed by atoms with Crippen LogP contribution in [0, 0.1) is 24.2 Å². The average molecular weight is 493 g/mol. The Hall–Kier alpha value is -3.34. The van der Waals surface area contributed by atoms with E-state index in [4.69, 9.17) is 19.5 Å². The highest BCUT2D eigenvalue weighted by atomic mass is 32.2. The predicted molar refractivity (Wildman–Crippen MR) is 136 cm³/mol. The predicted octanol–water partition coefficient (Wildman–Crippen LogP) is 4.79. The van der Waals surface area contributed by atoms with Crippen LogP contribution in [0.1, 0.15) is 23.1 Å². The summed E-state index contributed by atoms with van der Waals surface area (Å²) in [6, 6.07) is 26.8. The Kier molecular flexibility index (Phi) is 8.91. The van der Waals surface area contributed by atoms with Gasteiger partial charge in [-0.1, -0.05) is 54.6 Å². The highest BCUT2D eigenvalue weighted by molar-refractivity contribution is 7.91. The van der Waals surface area contributed by atoms with Crippen LogP contribution in [0.5, 0.6) is 11.5 Å². The highest BCUT2D eigenvalue weighted by Gasteiger charge is 2.38. The number of nitrogens with zero attached hydrogens (tertiary/aromatic N) is 1. The second kappa shape index (κ2) is 11.9. The van der Waals surface area contributed by atoms with Gasteiger partial charge in [0.2, 0.25) is 0 Å². The Morgan fingerprint density at radius 2 is 1.31 bits per heavy atom. The molecule has 0 N–H and O–H groups in total. The van der Waals surface area contributed by atoms with Gasteiger partial charge in [0.15, 0.2) is 9.84 Å². The summed E-state index contributed by atoms with van der Waals surface area (Å²) in [5.74, 6) is 0.558. The molecule has 0 aromatic heterocycles. The maximum Gasteiger partial charge on any atom is 0.152 e. The van der Waals surface area contributed by atoms with E-state index in [2.05, 4.69) is 6.92 Å². The van der Waals surface area contributed by atoms with Crippen molar-refractivity contribution in [2.45, 2.75) is 12.0 Å². The first-order valence-corrected chi connectivity index (χ1v) is 13.1. The van der Waals surface area contributed by atoms with Gasteiger partial charge in [-0.15, -0.1) is 0 Å². The van der Waals surface area contributed by atoms with Crippen molar-refractivity contribution in [3.8, 4) is 17.6 Å². The number of nitriles is 1. The van der Waals surface area contributed by atoms with Gasteiger partial charge in [-0.3, -0.25) is 0 Å². The lowest BCUT2D eigenvalue weighted by atomic mass is 9.80. The Labute approximate surface area is 208 Å². The number of hydrogen-bond donors (Lipinski definition) is 0. The molecule has 6 nitrogen and oxygen atoms in total. The average Bonchev–Trinajstić information content (AvgIpc) is 2.90. The summed E-state index contributed by atoms with van der Waals surface area (Å²) >= 11 is 0. The molecule has 183 valence electrons. The molecule has 1 radical (unpaired) electrons. The number of ether oxygens (including phenoxy) is 3. The van der Waals surface area contributed by atoms with Crippen LogP contribution in [0.15, 0.2) is 78.9 Å². The van der Waals surface area contributed by atoms with Gasteiger partial charge < -0.3 is 14.2 Å². The smallest absolute Gasteiger partial charge is 0.152 e. The normalized spacial score (nSPS) is 12.5. The highest BCUT2D eigenvalue weighted by Crippen LogP contribution is 2.41. The van der Waals surface area contributed by atoms with E-state index >= 15 is 0 Å². The van der Waals surface area contributed by atoms with Crippen molar-refractivity contribution in [3.05, 3.63) is 102 Å². The van der Waals surface area contributed by atoms with E-state index in [-0.39, 0.29) is 24.5 Å². The maximum absolute atomic E-state index is 12.7. The van der Waals surface area contributed by atoms with Gasteiger partial charge >= 0.3 is 0 Å². The fourth-order valence-corrected chi connectivity index (χ4v) is 5.07. The minimum Gasteiger partial charge on any atom is -0.497 e. The second-order valence-electron chi connectivity index (χ2n) is 8.12. The number of methoxy groups -OCH3 is 2. The number of rotatable bonds is 12. The van der Waals surface area contributed by atoms with Crippen molar-refractivity contribution in [2.24, 2.45) is 5.92 Å². The van der Waals surface area contributed by atoms with Gasteiger partial charge in [-0.2, -0.15) is 5.26 Å². The molecule has 0 aliphatic rings. The van der Waals surface area contributed by atoms with Crippen molar-refractivity contribution in [1.29, 1.82) is 5.26 Å². The van der Waals surface area contributed by atoms with Crippen LogP contribution in [0.2, 0.25) is 0 Å². The summed E-state index contributed by atoms with van der Waals surface area (Å²) in [5, 5.41) is 8.92. The summed E-state index contributed by atoms with van der Waals surface area (Å²) in [4.78, 5) is 0. The summed E-state index contributed by atoms with van der Waals surface area (Å²) in [6.07, 6.45) is 0.194. The van der Waals surface area contributed by atoms with Crippen LogP contribution in [0.25, 0.3) is 0 Å². The van der Waals surface area contributed by atoms with E-state index in [1.807, 2.05) is 84.9 Å². The quantitative estimate of drug-likeness (QED) is 0.338. The van der Waals surface area contributed by atoms with E-state index in [1.165, 1.54) is 0 Å². The largest absolute Gasteiger partial charge is 0.497 e. The minimum atomic E-state index is -3.43. The molecular formula is C28H30NO5S. The minimum absolute atomic E-state index is 0.0380. The third-order valence-electron chi connectivity index (χ3n) is 5.85. The van der Waals surface area contributed by atoms with Crippen LogP contribution >= 0.6 is 0 Å². The Balaban J connectivity index is 2.04. The van der Waals surface area contributed by atoms with Gasteiger partial charge in [0.05, 0.1) is 38.4 Å². The Bertz CT molecular complexity index is 1170. The lowest BCUT2D eigenvalue weighted by Crippen LogP contribution is -2.35. The van der Waals surface area contributed by atoms with Crippen molar-refractivity contribution in [2.75, 3.05) is 32.3 Å². The molecule has 3 aromatic carbocycles. The SMILES string of the molecule is [CH2]C(C#N)CCS(=O)(=O)CCOC(c1ccccc1)(c1ccc(OC)cc1)c1ccc(OC)cc1. The third kappa shape index (κ3) is 6.41. The molecule has 7 heteroatoms. The molecular weight excluding hydrogens is 462 g/mol. The van der Waals surface area contributed by atoms with E-state index in [9.17, 15) is 8.42 Å². The lowest BCUT2D eigenvalue weighted by molar-refractivity contribution is 0.0227. The first-order chi connectivity index (χ1) is 16.8. The van der Waals surface area contributed by atoms with E-state index in [0.29, 0.717) is 11.5 Å². The molecule has 0 fully saturated rings. The first-order valence-electron chi connectivity index (χ1n) is 11.3. The van der Waals surface area contributed by atoms with E-state index in [0.717, 1.165) is 16.7 Å². The molecule has 0 heterocycles. The zero-order valence-corrected chi connectivity index (χ0v) is 20.8. The van der Waals surface area contributed by atoms with Crippen LogP contribution in [0.3, 0.4) is 0 Å². The third-order valence-corrected chi connectivity index (χ3v) is 7.49. The summed E-state index contributed by atoms with van der Waals surface area (Å²) in [5.41, 5.74) is 1.44. The van der Waals surface area contributed by atoms with Crippen molar-refractivity contribution >= 4 is 9.84 Å². The zero-order valence-electron chi connectivity index (χ0n) is 20.0. The lowest BCUT2D eigenvalue weighted by Gasteiger charge is -2.36. The number of sulfone groups is 1. The maximum atomic E-state index is 12.7. The Morgan fingerprint density at radius 1 is 0.829 bits per heavy atom. The van der Waals surface area contributed by atoms with Gasteiger partial charge in [0.25, 0.3) is 0 Å². The molecule has 3 aromatic rings. The van der Waals surface area contributed by atoms with Crippen LogP contribution in [-0.2, 0) is 20.2 Å². The summed E-state index contributed by atoms with van der Waals surface area (Å²) < 4.78 is 42.6. The molecule has 1 atom stereocenters. The van der Waals surface area contributed by atoms with Crippen LogP contribution < -0.4 is 9.47 Å². The van der Waals surface area contributed by atoms with Crippen molar-refractivity contribution in [1.82, 2.24) is 0 Å². The van der Waals surface area contributed by atoms with Crippen LogP contribution in [0.4, 0.5) is 0 Å². The van der Waals surface area contributed by atoms with E-state index < -0.39 is 21.4 Å². The number of hydrogen-bond acceptors (Lipinski definition) is 6. The van der Waals surface area contributed by atoms with Crippen molar-refractivity contribution < 1.29 is 22.6 Å². The molecule has 35 heavy (non-hydrogen) atoms.